The molecule has 0 fully saturated rings. The van der Waals surface area contributed by atoms with E-state index in [9.17, 15) is 0 Å². The molecule has 4 heterocycles. The summed E-state index contributed by atoms with van der Waals surface area (Å²) in [5.74, 6) is 1.55. The van der Waals surface area contributed by atoms with E-state index in [0.29, 0.717) is 16.6 Å². The van der Waals surface area contributed by atoms with Gasteiger partial charge in [-0.05, 0) is 18.2 Å². The zero-order valence-electron chi connectivity index (χ0n) is 14.6. The van der Waals surface area contributed by atoms with Crippen LogP contribution in [0.2, 0.25) is 10.0 Å². The number of nitrogens with zero attached hydrogens (tertiary/aromatic N) is 3. The Balaban J connectivity index is 1.60. The van der Waals surface area contributed by atoms with Crippen molar-refractivity contribution >= 4 is 29.0 Å². The molecule has 5 nitrogen and oxygen atoms in total. The Morgan fingerprint density at radius 3 is 2.79 bits per heavy atom. The number of hydrogen-bond acceptors (Lipinski definition) is 5. The molecule has 0 aliphatic carbocycles. The molecule has 4 aromatic rings. The maximum Gasteiger partial charge on any atom is 0.153 e. The lowest BCUT2D eigenvalue weighted by molar-refractivity contribution is 0.376. The first-order chi connectivity index (χ1) is 13.7. The van der Waals surface area contributed by atoms with Gasteiger partial charge < -0.3 is 9.84 Å². The Hall–Kier alpha value is -2.89. The van der Waals surface area contributed by atoms with Gasteiger partial charge in [0, 0.05) is 53.0 Å². The highest BCUT2D eigenvalue weighted by Gasteiger charge is 2.31. The van der Waals surface area contributed by atoms with Crippen LogP contribution in [0, 0.1) is 0 Å². The maximum atomic E-state index is 6.43. The van der Waals surface area contributed by atoms with Crippen LogP contribution in [0.4, 0.5) is 5.82 Å². The summed E-state index contributed by atoms with van der Waals surface area (Å²) in [4.78, 5) is 8.78. The van der Waals surface area contributed by atoms with Crippen molar-refractivity contribution in [3.05, 3.63) is 82.6 Å². The van der Waals surface area contributed by atoms with E-state index >= 15 is 0 Å². The fourth-order valence-electron chi connectivity index (χ4n) is 3.54. The van der Waals surface area contributed by atoms with Crippen LogP contribution in [0.15, 0.2) is 65.7 Å². The smallest absolute Gasteiger partial charge is 0.153 e. The minimum atomic E-state index is -0.0355. The third kappa shape index (κ3) is 2.84. The normalized spacial score (nSPS) is 15.3. The highest BCUT2D eigenvalue weighted by atomic mass is 35.5. The van der Waals surface area contributed by atoms with Crippen LogP contribution in [0.1, 0.15) is 17.2 Å². The second kappa shape index (κ2) is 6.93. The van der Waals surface area contributed by atoms with Gasteiger partial charge in [0.2, 0.25) is 0 Å². The van der Waals surface area contributed by atoms with Crippen LogP contribution in [0.25, 0.3) is 22.3 Å². The number of nitrogens with one attached hydrogen (secondary N) is 1. The van der Waals surface area contributed by atoms with Gasteiger partial charge in [-0.25, -0.2) is 4.98 Å². The lowest BCUT2D eigenvalue weighted by Gasteiger charge is -2.11. The monoisotopic (exact) mass is 408 g/mol. The summed E-state index contributed by atoms with van der Waals surface area (Å²) in [6.45, 7) is 0.666. The van der Waals surface area contributed by atoms with E-state index in [0.717, 1.165) is 39.4 Å². The quantitative estimate of drug-likeness (QED) is 0.473. The van der Waals surface area contributed by atoms with Crippen LogP contribution in [0.5, 0.6) is 0 Å². The molecule has 28 heavy (non-hydrogen) atoms. The van der Waals surface area contributed by atoms with Gasteiger partial charge in [-0.15, -0.1) is 0 Å². The molecule has 1 atom stereocenters. The van der Waals surface area contributed by atoms with Crippen LogP contribution in [0.3, 0.4) is 0 Å². The SMILES string of the molecule is Clc1cccc(-c2cnoc2C2CNc3ncc(-c4cccnc4)cc32)c1Cl. The standard InChI is InChI=1S/C21H14Cl2N4O/c22-18-5-1-4-14(19(18)23)17-11-27-28-20(17)16-10-26-21-15(16)7-13(9-25-21)12-3-2-6-24-8-12/h1-9,11,16H,10H2,(H,25,26). The Bertz CT molecular complexity index is 1160. The second-order valence-corrected chi connectivity index (χ2v) is 7.33. The first kappa shape index (κ1) is 17.2. The average Bonchev–Trinajstić information content (AvgIpc) is 3.37. The number of hydrogen-bond donors (Lipinski definition) is 1. The first-order valence-electron chi connectivity index (χ1n) is 8.75. The molecule has 1 aromatic carbocycles. The van der Waals surface area contributed by atoms with E-state index in [1.807, 2.05) is 36.7 Å². The fraction of sp³-hybridized carbons (Fsp3) is 0.0952. The zero-order valence-corrected chi connectivity index (χ0v) is 16.1. The van der Waals surface area contributed by atoms with Crippen molar-refractivity contribution < 1.29 is 4.52 Å². The number of rotatable bonds is 3. The Morgan fingerprint density at radius 2 is 1.93 bits per heavy atom. The Labute approximate surface area is 171 Å². The number of aromatic nitrogens is 3. The lowest BCUT2D eigenvalue weighted by atomic mass is 9.93. The highest BCUT2D eigenvalue weighted by molar-refractivity contribution is 6.43. The molecule has 0 radical (unpaired) electrons. The molecule has 1 unspecified atom stereocenters. The Morgan fingerprint density at radius 1 is 1.00 bits per heavy atom. The van der Waals surface area contributed by atoms with Crippen molar-refractivity contribution in [2.24, 2.45) is 0 Å². The van der Waals surface area contributed by atoms with Crippen molar-refractivity contribution in [1.82, 2.24) is 15.1 Å². The van der Waals surface area contributed by atoms with Gasteiger partial charge in [-0.2, -0.15) is 0 Å². The number of pyridine rings is 2. The van der Waals surface area contributed by atoms with Crippen molar-refractivity contribution in [2.45, 2.75) is 5.92 Å². The number of benzene rings is 1. The average molecular weight is 409 g/mol. The van der Waals surface area contributed by atoms with Crippen LogP contribution < -0.4 is 5.32 Å². The summed E-state index contributed by atoms with van der Waals surface area (Å²) in [5.41, 5.74) is 4.70. The molecule has 0 amide bonds. The molecule has 0 spiro atoms. The van der Waals surface area contributed by atoms with Gasteiger partial charge in [-0.3, -0.25) is 4.98 Å². The molecule has 5 rings (SSSR count). The number of fused-ring (bicyclic) bond motifs is 1. The van der Waals surface area contributed by atoms with Crippen molar-refractivity contribution in [3.63, 3.8) is 0 Å². The fourth-order valence-corrected chi connectivity index (χ4v) is 3.95. The van der Waals surface area contributed by atoms with E-state index in [1.54, 1.807) is 18.5 Å². The third-order valence-corrected chi connectivity index (χ3v) is 5.74. The molecule has 3 aromatic heterocycles. The second-order valence-electron chi connectivity index (χ2n) is 6.54. The van der Waals surface area contributed by atoms with E-state index in [-0.39, 0.29) is 5.92 Å². The Kier molecular flexibility index (Phi) is 4.26. The summed E-state index contributed by atoms with van der Waals surface area (Å²) >= 11 is 12.6. The predicted molar refractivity (Wildman–Crippen MR) is 110 cm³/mol. The molecular formula is C21H14Cl2N4O. The summed E-state index contributed by atoms with van der Waals surface area (Å²) in [7, 11) is 0. The van der Waals surface area contributed by atoms with Gasteiger partial charge in [-0.1, -0.05) is 46.6 Å². The largest absolute Gasteiger partial charge is 0.369 e. The lowest BCUT2D eigenvalue weighted by Crippen LogP contribution is -2.04. The van der Waals surface area contributed by atoms with E-state index in [2.05, 4.69) is 26.5 Å². The molecule has 0 saturated carbocycles. The van der Waals surface area contributed by atoms with Crippen molar-refractivity contribution in [1.29, 1.82) is 0 Å². The van der Waals surface area contributed by atoms with Crippen molar-refractivity contribution in [2.75, 3.05) is 11.9 Å². The van der Waals surface area contributed by atoms with Crippen LogP contribution in [-0.2, 0) is 0 Å². The van der Waals surface area contributed by atoms with Crippen LogP contribution >= 0.6 is 23.2 Å². The molecular weight excluding hydrogens is 395 g/mol. The summed E-state index contributed by atoms with van der Waals surface area (Å²) in [6, 6.07) is 11.6. The first-order valence-corrected chi connectivity index (χ1v) is 9.51. The minimum absolute atomic E-state index is 0.0355. The van der Waals surface area contributed by atoms with Gasteiger partial charge in [0.25, 0.3) is 0 Å². The molecule has 7 heteroatoms. The van der Waals surface area contributed by atoms with Gasteiger partial charge in [0.15, 0.2) is 5.76 Å². The van der Waals surface area contributed by atoms with Crippen LogP contribution in [-0.4, -0.2) is 21.7 Å². The summed E-state index contributed by atoms with van der Waals surface area (Å²) < 4.78 is 5.67. The molecule has 1 N–H and O–H groups in total. The third-order valence-electron chi connectivity index (χ3n) is 4.92. The summed E-state index contributed by atoms with van der Waals surface area (Å²) in [6.07, 6.45) is 7.11. The zero-order chi connectivity index (χ0) is 19.1. The van der Waals surface area contributed by atoms with Crippen molar-refractivity contribution in [3.8, 4) is 22.3 Å². The molecule has 0 bridgehead atoms. The molecule has 138 valence electrons. The van der Waals surface area contributed by atoms with Gasteiger partial charge in [0.1, 0.15) is 5.82 Å². The molecule has 1 aliphatic heterocycles. The van der Waals surface area contributed by atoms with Gasteiger partial charge >= 0.3 is 0 Å². The molecule has 1 aliphatic rings. The van der Waals surface area contributed by atoms with E-state index in [4.69, 9.17) is 27.7 Å². The van der Waals surface area contributed by atoms with E-state index < -0.39 is 0 Å². The summed E-state index contributed by atoms with van der Waals surface area (Å²) in [5, 5.41) is 8.37. The number of halogens is 2. The van der Waals surface area contributed by atoms with E-state index in [1.165, 1.54) is 0 Å². The topological polar surface area (TPSA) is 63.8 Å². The maximum absolute atomic E-state index is 6.43. The number of anilines is 1. The highest BCUT2D eigenvalue weighted by Crippen LogP contribution is 2.43. The predicted octanol–water partition coefficient (Wildman–Crippen LogP) is 5.66. The minimum Gasteiger partial charge on any atom is -0.369 e. The molecule has 0 saturated heterocycles. The van der Waals surface area contributed by atoms with Gasteiger partial charge in [0.05, 0.1) is 22.2 Å².